The fourth-order valence-corrected chi connectivity index (χ4v) is 1.87. The monoisotopic (exact) mass is 219 g/mol. The molecule has 1 aromatic carbocycles. The summed E-state index contributed by atoms with van der Waals surface area (Å²) in [7, 11) is 1.83. The van der Waals surface area contributed by atoms with Crippen LogP contribution >= 0.6 is 0 Å². The van der Waals surface area contributed by atoms with Gasteiger partial charge in [-0.05, 0) is 24.6 Å². The molecule has 0 radical (unpaired) electrons. The number of rotatable bonds is 2. The average molecular weight is 219 g/mol. The highest BCUT2D eigenvalue weighted by Crippen LogP contribution is 2.22. The zero-order chi connectivity index (χ0) is 11.7. The van der Waals surface area contributed by atoms with E-state index in [9.17, 15) is 4.79 Å². The normalized spacial score (nSPS) is 20.7. The number of hydrogen-bond donors (Lipinski definition) is 1. The van der Waals surface area contributed by atoms with Gasteiger partial charge >= 0.3 is 6.03 Å². The zero-order valence-corrected chi connectivity index (χ0v) is 9.68. The number of nitrogens with zero attached hydrogens (tertiary/aromatic N) is 2. The number of urea groups is 1. The lowest BCUT2D eigenvalue weighted by Gasteiger charge is -2.16. The molecule has 1 saturated heterocycles. The molecule has 0 aromatic heterocycles. The molecule has 86 valence electrons. The summed E-state index contributed by atoms with van der Waals surface area (Å²) in [4.78, 5) is 15.5. The Hall–Kier alpha value is -1.55. The molecular weight excluding hydrogens is 202 g/mol. The minimum absolute atomic E-state index is 0.0630. The van der Waals surface area contributed by atoms with Crippen LogP contribution in [0.5, 0.6) is 0 Å². The molecule has 1 aliphatic rings. The van der Waals surface area contributed by atoms with E-state index in [-0.39, 0.29) is 12.1 Å². The molecule has 2 rings (SSSR count). The van der Waals surface area contributed by atoms with Crippen LogP contribution in [-0.4, -0.2) is 30.6 Å². The van der Waals surface area contributed by atoms with Crippen molar-refractivity contribution in [2.75, 3.05) is 18.5 Å². The molecule has 1 aliphatic heterocycles. The molecule has 0 bridgehead atoms. The van der Waals surface area contributed by atoms with Crippen molar-refractivity contribution in [3.05, 3.63) is 29.8 Å². The van der Waals surface area contributed by atoms with Gasteiger partial charge in [0.25, 0.3) is 0 Å². The minimum Gasteiger partial charge on any atom is -0.326 e. The van der Waals surface area contributed by atoms with Crippen LogP contribution in [0.2, 0.25) is 0 Å². The van der Waals surface area contributed by atoms with Gasteiger partial charge in [-0.2, -0.15) is 0 Å². The molecule has 4 nitrogen and oxygen atoms in total. The van der Waals surface area contributed by atoms with Crippen LogP contribution < -0.4 is 10.6 Å². The van der Waals surface area contributed by atoms with Crippen molar-refractivity contribution in [2.45, 2.75) is 19.5 Å². The van der Waals surface area contributed by atoms with Gasteiger partial charge in [0.1, 0.15) is 0 Å². The predicted octanol–water partition coefficient (Wildman–Crippen LogP) is 1.41. The first-order valence-corrected chi connectivity index (χ1v) is 5.47. The SMILES string of the molecule is CC1CN(c2ccc(CN)cc2)C(=O)N1C. The Morgan fingerprint density at radius 1 is 1.38 bits per heavy atom. The first kappa shape index (κ1) is 11.0. The van der Waals surface area contributed by atoms with E-state index in [4.69, 9.17) is 5.73 Å². The first-order valence-electron chi connectivity index (χ1n) is 5.47. The number of anilines is 1. The third-order valence-electron chi connectivity index (χ3n) is 3.12. The van der Waals surface area contributed by atoms with Gasteiger partial charge in [-0.1, -0.05) is 12.1 Å². The number of benzene rings is 1. The van der Waals surface area contributed by atoms with E-state index in [0.717, 1.165) is 17.8 Å². The Bertz CT molecular complexity index is 388. The fourth-order valence-electron chi connectivity index (χ4n) is 1.87. The molecular formula is C12H17N3O. The molecule has 1 aromatic rings. The maximum Gasteiger partial charge on any atom is 0.324 e. The Kier molecular flexibility index (Phi) is 2.83. The van der Waals surface area contributed by atoms with Crippen molar-refractivity contribution in [1.82, 2.24) is 4.90 Å². The van der Waals surface area contributed by atoms with Crippen molar-refractivity contribution in [2.24, 2.45) is 5.73 Å². The Morgan fingerprint density at radius 3 is 2.44 bits per heavy atom. The van der Waals surface area contributed by atoms with Gasteiger partial charge < -0.3 is 10.6 Å². The molecule has 0 saturated carbocycles. The van der Waals surface area contributed by atoms with Crippen LogP contribution in [0.15, 0.2) is 24.3 Å². The maximum absolute atomic E-state index is 11.9. The highest BCUT2D eigenvalue weighted by Gasteiger charge is 2.32. The molecule has 1 fully saturated rings. The average Bonchev–Trinajstić information content (AvgIpc) is 2.57. The van der Waals surface area contributed by atoms with Crippen molar-refractivity contribution in [3.63, 3.8) is 0 Å². The van der Waals surface area contributed by atoms with Gasteiger partial charge in [0.05, 0.1) is 0 Å². The van der Waals surface area contributed by atoms with Crippen LogP contribution in [0, 0.1) is 0 Å². The van der Waals surface area contributed by atoms with Gasteiger partial charge in [-0.3, -0.25) is 4.90 Å². The third-order valence-corrected chi connectivity index (χ3v) is 3.12. The second kappa shape index (κ2) is 4.14. The Labute approximate surface area is 95.6 Å². The van der Waals surface area contributed by atoms with Crippen LogP contribution in [0.1, 0.15) is 12.5 Å². The Morgan fingerprint density at radius 2 is 2.00 bits per heavy atom. The lowest BCUT2D eigenvalue weighted by molar-refractivity contribution is 0.221. The van der Waals surface area contributed by atoms with E-state index in [0.29, 0.717) is 6.54 Å². The number of carbonyl (C=O) groups is 1. The maximum atomic E-state index is 11.9. The van der Waals surface area contributed by atoms with Crippen molar-refractivity contribution in [3.8, 4) is 0 Å². The lowest BCUT2D eigenvalue weighted by atomic mass is 10.2. The molecule has 0 spiro atoms. The topological polar surface area (TPSA) is 49.6 Å². The summed E-state index contributed by atoms with van der Waals surface area (Å²) in [6, 6.07) is 8.16. The summed E-state index contributed by atoms with van der Waals surface area (Å²) >= 11 is 0. The minimum atomic E-state index is 0.0630. The van der Waals surface area contributed by atoms with E-state index < -0.39 is 0 Å². The first-order chi connectivity index (χ1) is 7.63. The molecule has 4 heteroatoms. The number of hydrogen-bond acceptors (Lipinski definition) is 2. The standard InChI is InChI=1S/C12H17N3O/c1-9-8-15(12(16)14(9)2)11-5-3-10(7-13)4-6-11/h3-6,9H,7-8,13H2,1-2H3. The molecule has 1 atom stereocenters. The molecule has 2 N–H and O–H groups in total. The Balaban J connectivity index is 2.21. The van der Waals surface area contributed by atoms with Crippen LogP contribution in [0.25, 0.3) is 0 Å². The van der Waals surface area contributed by atoms with E-state index >= 15 is 0 Å². The van der Waals surface area contributed by atoms with Crippen LogP contribution in [-0.2, 0) is 6.54 Å². The van der Waals surface area contributed by atoms with Crippen molar-refractivity contribution >= 4 is 11.7 Å². The van der Waals surface area contributed by atoms with Crippen molar-refractivity contribution in [1.29, 1.82) is 0 Å². The summed E-state index contributed by atoms with van der Waals surface area (Å²) < 4.78 is 0. The summed E-state index contributed by atoms with van der Waals surface area (Å²) in [6.45, 7) is 3.33. The summed E-state index contributed by atoms with van der Waals surface area (Å²) in [5.74, 6) is 0. The molecule has 16 heavy (non-hydrogen) atoms. The van der Waals surface area contributed by atoms with Gasteiger partial charge in [0.15, 0.2) is 0 Å². The lowest BCUT2D eigenvalue weighted by Crippen LogP contribution is -2.30. The van der Waals surface area contributed by atoms with E-state index in [1.807, 2.05) is 38.2 Å². The number of likely N-dealkylation sites (N-methyl/N-ethyl adjacent to an activating group) is 1. The predicted molar refractivity (Wildman–Crippen MR) is 64.3 cm³/mol. The number of amides is 2. The van der Waals surface area contributed by atoms with E-state index in [1.54, 1.807) is 9.80 Å². The van der Waals surface area contributed by atoms with Crippen LogP contribution in [0.3, 0.4) is 0 Å². The zero-order valence-electron chi connectivity index (χ0n) is 9.68. The van der Waals surface area contributed by atoms with Crippen molar-refractivity contribution < 1.29 is 4.79 Å². The highest BCUT2D eigenvalue weighted by molar-refractivity contribution is 5.94. The molecule has 2 amide bonds. The van der Waals surface area contributed by atoms with Gasteiger partial charge in [0, 0.05) is 31.9 Å². The van der Waals surface area contributed by atoms with Gasteiger partial charge in [-0.15, -0.1) is 0 Å². The largest absolute Gasteiger partial charge is 0.326 e. The quantitative estimate of drug-likeness (QED) is 0.817. The third kappa shape index (κ3) is 1.76. The van der Waals surface area contributed by atoms with E-state index in [2.05, 4.69) is 0 Å². The highest BCUT2D eigenvalue weighted by atomic mass is 16.2. The second-order valence-electron chi connectivity index (χ2n) is 4.22. The molecule has 0 aliphatic carbocycles. The number of nitrogens with two attached hydrogens (primary N) is 1. The van der Waals surface area contributed by atoms with Gasteiger partial charge in [0.2, 0.25) is 0 Å². The summed E-state index contributed by atoms with van der Waals surface area (Å²) in [5.41, 5.74) is 7.56. The van der Waals surface area contributed by atoms with Gasteiger partial charge in [-0.25, -0.2) is 4.79 Å². The van der Waals surface area contributed by atoms with E-state index in [1.165, 1.54) is 0 Å². The summed E-state index contributed by atoms with van der Waals surface area (Å²) in [6.07, 6.45) is 0. The summed E-state index contributed by atoms with van der Waals surface area (Å²) in [5, 5.41) is 0. The molecule has 1 heterocycles. The van der Waals surface area contributed by atoms with Crippen LogP contribution in [0.4, 0.5) is 10.5 Å². The number of carbonyl (C=O) groups excluding carboxylic acids is 1. The molecule has 1 unspecified atom stereocenters. The smallest absolute Gasteiger partial charge is 0.324 e. The fraction of sp³-hybridized carbons (Fsp3) is 0.417. The second-order valence-corrected chi connectivity index (χ2v) is 4.22.